The van der Waals surface area contributed by atoms with Crippen molar-refractivity contribution in [2.45, 2.75) is 32.7 Å². The summed E-state index contributed by atoms with van der Waals surface area (Å²) in [5.74, 6) is 0. The molecule has 0 aromatic rings. The predicted molar refractivity (Wildman–Crippen MR) is 57.1 cm³/mol. The fraction of sp³-hybridized carbons (Fsp3) is 0.750. The van der Waals surface area contributed by atoms with Gasteiger partial charge in [-0.25, -0.2) is 0 Å². The van der Waals surface area contributed by atoms with Crippen LogP contribution in [-0.4, -0.2) is 26.9 Å². The van der Waals surface area contributed by atoms with Crippen LogP contribution >= 0.6 is 0 Å². The first-order valence-corrected chi connectivity index (χ1v) is 11.7. The summed E-state index contributed by atoms with van der Waals surface area (Å²) in [6.07, 6.45) is 1.91. The summed E-state index contributed by atoms with van der Waals surface area (Å²) >= 11 is 0. The van der Waals surface area contributed by atoms with Crippen molar-refractivity contribution >= 4 is 15.2 Å². The molecule has 0 aliphatic rings. The fourth-order valence-corrected chi connectivity index (χ4v) is 3.65. The zero-order chi connectivity index (χ0) is 9.12. The van der Waals surface area contributed by atoms with Gasteiger partial charge >= 0.3 is 0 Å². The van der Waals surface area contributed by atoms with Gasteiger partial charge in [-0.15, -0.1) is 0 Å². The van der Waals surface area contributed by atoms with Gasteiger partial charge in [0.1, 0.15) is 0 Å². The summed E-state index contributed by atoms with van der Waals surface area (Å²) in [6, 6.07) is 0. The normalized spacial score (nSPS) is 14.4. The van der Waals surface area contributed by atoms with Crippen molar-refractivity contribution in [2.75, 3.05) is 6.61 Å². The molecule has 0 rings (SSSR count). The van der Waals surface area contributed by atoms with Crippen molar-refractivity contribution in [1.29, 1.82) is 0 Å². The average molecular weight is 188 g/mol. The molecule has 0 aliphatic heterocycles. The Bertz CT molecular complexity index is 145. The highest BCUT2D eigenvalue weighted by Gasteiger charge is 2.33. The van der Waals surface area contributed by atoms with E-state index in [4.69, 9.17) is 5.11 Å². The number of aliphatic hydroxyl groups is 1. The first kappa shape index (κ1) is 11.1. The van der Waals surface area contributed by atoms with Crippen molar-refractivity contribution in [3.8, 4) is 0 Å². The molecule has 3 heteroatoms. The summed E-state index contributed by atoms with van der Waals surface area (Å²) in [5.41, 5.74) is 2.28. The second-order valence-corrected chi connectivity index (χ2v) is 21.2. The van der Waals surface area contributed by atoms with Crippen LogP contribution in [0.2, 0.25) is 32.7 Å². The number of rotatable bonds is 3. The van der Waals surface area contributed by atoms with E-state index in [1.54, 1.807) is 0 Å². The Morgan fingerprint density at radius 2 is 1.55 bits per heavy atom. The number of aliphatic hydroxyl groups excluding tert-OH is 1. The van der Waals surface area contributed by atoms with Crippen LogP contribution in [-0.2, 0) is 0 Å². The van der Waals surface area contributed by atoms with Crippen molar-refractivity contribution < 1.29 is 5.11 Å². The molecular formula is C8H20OSi2. The molecule has 0 amide bonds. The molecule has 0 radical (unpaired) electrons. The lowest BCUT2D eigenvalue weighted by atomic mass is 10.7. The Hall–Kier alpha value is 0.134. The van der Waals surface area contributed by atoms with E-state index >= 15 is 0 Å². The summed E-state index contributed by atoms with van der Waals surface area (Å²) in [7, 11) is -2.11. The molecule has 11 heavy (non-hydrogen) atoms. The van der Waals surface area contributed by atoms with Gasteiger partial charge in [0.2, 0.25) is 0 Å². The highest BCUT2D eigenvalue weighted by Crippen LogP contribution is 2.19. The topological polar surface area (TPSA) is 20.2 Å². The monoisotopic (exact) mass is 188 g/mol. The van der Waals surface area contributed by atoms with Crippen LogP contribution in [0.5, 0.6) is 0 Å². The highest BCUT2D eigenvalue weighted by atomic mass is 29.3. The molecule has 0 saturated heterocycles. The zero-order valence-electron chi connectivity index (χ0n) is 8.31. The van der Waals surface area contributed by atoms with Gasteiger partial charge in [-0.05, 0) is 0 Å². The SMILES string of the molecule is C[Si](C)(C)[Si](C)(C)/C=C/CO. The third kappa shape index (κ3) is 3.36. The molecule has 0 aromatic carbocycles. The van der Waals surface area contributed by atoms with Crippen LogP contribution in [0.15, 0.2) is 11.8 Å². The number of hydrogen-bond acceptors (Lipinski definition) is 1. The fourth-order valence-electron chi connectivity index (χ4n) is 0.597. The van der Waals surface area contributed by atoms with Crippen LogP contribution in [0.1, 0.15) is 0 Å². The Labute approximate surface area is 71.9 Å². The van der Waals surface area contributed by atoms with Gasteiger partial charge < -0.3 is 5.11 Å². The summed E-state index contributed by atoms with van der Waals surface area (Å²) in [4.78, 5) is 0. The van der Waals surface area contributed by atoms with Gasteiger partial charge in [0, 0.05) is 7.59 Å². The molecule has 0 saturated carbocycles. The van der Waals surface area contributed by atoms with Crippen LogP contribution in [0.3, 0.4) is 0 Å². The average Bonchev–Trinajstić information content (AvgIpc) is 1.81. The lowest BCUT2D eigenvalue weighted by Crippen LogP contribution is -2.50. The van der Waals surface area contributed by atoms with E-state index in [0.717, 1.165) is 0 Å². The summed E-state index contributed by atoms with van der Waals surface area (Å²) in [5, 5.41) is 8.65. The van der Waals surface area contributed by atoms with Gasteiger partial charge in [-0.2, -0.15) is 0 Å². The minimum absolute atomic E-state index is 0.195. The molecule has 0 aromatic heterocycles. The molecule has 1 N–H and O–H groups in total. The lowest BCUT2D eigenvalue weighted by Gasteiger charge is -2.32. The predicted octanol–water partition coefficient (Wildman–Crippen LogP) is 2.20. The molecule has 0 fully saturated rings. The van der Waals surface area contributed by atoms with Crippen LogP contribution in [0.25, 0.3) is 0 Å². The molecule has 0 heterocycles. The summed E-state index contributed by atoms with van der Waals surface area (Å²) in [6.45, 7) is 12.2. The van der Waals surface area contributed by atoms with Gasteiger partial charge in [0.05, 0.1) is 14.2 Å². The zero-order valence-corrected chi connectivity index (χ0v) is 10.3. The Kier molecular flexibility index (Phi) is 3.74. The molecule has 0 aliphatic carbocycles. The maximum Gasteiger partial charge on any atom is 0.0642 e. The smallest absolute Gasteiger partial charge is 0.0642 e. The van der Waals surface area contributed by atoms with Gasteiger partial charge in [0.25, 0.3) is 0 Å². The van der Waals surface area contributed by atoms with E-state index in [1.807, 2.05) is 6.08 Å². The first-order valence-electron chi connectivity index (χ1n) is 4.10. The van der Waals surface area contributed by atoms with E-state index in [-0.39, 0.29) is 6.61 Å². The molecule has 0 atom stereocenters. The van der Waals surface area contributed by atoms with Gasteiger partial charge in [-0.3, -0.25) is 0 Å². The molecule has 1 nitrogen and oxygen atoms in total. The third-order valence-corrected chi connectivity index (χ3v) is 19.6. The first-order chi connectivity index (χ1) is 4.81. The van der Waals surface area contributed by atoms with E-state index in [1.165, 1.54) is 0 Å². The van der Waals surface area contributed by atoms with E-state index < -0.39 is 15.2 Å². The Morgan fingerprint density at radius 1 is 1.09 bits per heavy atom. The van der Waals surface area contributed by atoms with Crippen molar-refractivity contribution in [3.63, 3.8) is 0 Å². The largest absolute Gasteiger partial charge is 0.392 e. The Morgan fingerprint density at radius 3 is 1.82 bits per heavy atom. The highest BCUT2D eigenvalue weighted by molar-refractivity contribution is 7.42. The molecule has 0 spiro atoms. The summed E-state index contributed by atoms with van der Waals surface area (Å²) < 4.78 is 0. The quantitative estimate of drug-likeness (QED) is 0.673. The maximum atomic E-state index is 8.65. The van der Waals surface area contributed by atoms with E-state index in [0.29, 0.717) is 0 Å². The van der Waals surface area contributed by atoms with Crippen molar-refractivity contribution in [3.05, 3.63) is 11.8 Å². The second kappa shape index (κ2) is 3.69. The van der Waals surface area contributed by atoms with Gasteiger partial charge in [0.15, 0.2) is 0 Å². The van der Waals surface area contributed by atoms with Crippen LogP contribution in [0, 0.1) is 0 Å². The number of hydrogen-bond donors (Lipinski definition) is 1. The standard InChI is InChI=1S/C8H20OSi2/c1-10(2,3)11(4,5)8-6-7-9/h6,8-9H,7H2,1-5H3/b8-6+. The molecular weight excluding hydrogens is 168 g/mol. The minimum Gasteiger partial charge on any atom is -0.392 e. The minimum atomic E-state index is -1.13. The van der Waals surface area contributed by atoms with Crippen LogP contribution in [0.4, 0.5) is 0 Å². The Balaban J connectivity index is 4.34. The van der Waals surface area contributed by atoms with Crippen molar-refractivity contribution in [1.82, 2.24) is 0 Å². The maximum absolute atomic E-state index is 8.65. The molecule has 0 unspecified atom stereocenters. The van der Waals surface area contributed by atoms with Crippen molar-refractivity contribution in [2.24, 2.45) is 0 Å². The van der Waals surface area contributed by atoms with E-state index in [2.05, 4.69) is 38.4 Å². The molecule has 0 bridgehead atoms. The lowest BCUT2D eigenvalue weighted by molar-refractivity contribution is 0.343. The third-order valence-electron chi connectivity index (χ3n) is 2.57. The van der Waals surface area contributed by atoms with Crippen LogP contribution < -0.4 is 0 Å². The van der Waals surface area contributed by atoms with Gasteiger partial charge in [-0.1, -0.05) is 44.5 Å². The van der Waals surface area contributed by atoms with E-state index in [9.17, 15) is 0 Å². The molecule has 66 valence electrons. The second-order valence-electron chi connectivity index (χ2n) is 4.56.